The highest BCUT2D eigenvalue weighted by atomic mass is 35.5. The third-order valence-corrected chi connectivity index (χ3v) is 8.37. The van der Waals surface area contributed by atoms with Gasteiger partial charge in [-0.2, -0.15) is 0 Å². The van der Waals surface area contributed by atoms with Gasteiger partial charge >= 0.3 is 0 Å². The lowest BCUT2D eigenvalue weighted by Crippen LogP contribution is -2.55. The number of likely N-dealkylation sites (tertiary alicyclic amines) is 1. The fourth-order valence-electron chi connectivity index (χ4n) is 5.14. The molecule has 2 atom stereocenters. The molecule has 3 heterocycles. The summed E-state index contributed by atoms with van der Waals surface area (Å²) in [5.74, 6) is 0.329. The number of nitrogens with zero attached hydrogens (tertiary/aromatic N) is 3. The summed E-state index contributed by atoms with van der Waals surface area (Å²) in [4.78, 5) is 23.1. The zero-order chi connectivity index (χ0) is 21.5. The number of benzene rings is 1. The van der Waals surface area contributed by atoms with E-state index in [9.17, 15) is 9.18 Å². The van der Waals surface area contributed by atoms with Gasteiger partial charge in [-0.1, -0.05) is 36.0 Å². The summed E-state index contributed by atoms with van der Waals surface area (Å²) in [5.41, 5.74) is 0.354. The van der Waals surface area contributed by atoms with Gasteiger partial charge < -0.3 is 9.80 Å². The maximum absolute atomic E-state index is 13.4. The number of rotatable bonds is 4. The predicted molar refractivity (Wildman–Crippen MR) is 124 cm³/mol. The van der Waals surface area contributed by atoms with Gasteiger partial charge in [0, 0.05) is 35.3 Å². The summed E-state index contributed by atoms with van der Waals surface area (Å²) >= 11 is 14.4. The van der Waals surface area contributed by atoms with E-state index in [4.69, 9.17) is 23.2 Å². The molecule has 2 aromatic rings. The second-order valence-electron chi connectivity index (χ2n) is 8.63. The number of hydrogen-bond donors (Lipinski definition) is 0. The van der Waals surface area contributed by atoms with Crippen molar-refractivity contribution in [3.63, 3.8) is 0 Å². The van der Waals surface area contributed by atoms with Gasteiger partial charge in [-0.25, -0.2) is 9.37 Å². The van der Waals surface area contributed by atoms with E-state index in [1.807, 2.05) is 22.7 Å². The zero-order valence-corrected chi connectivity index (χ0v) is 19.4. The van der Waals surface area contributed by atoms with Crippen molar-refractivity contribution >= 4 is 46.7 Å². The van der Waals surface area contributed by atoms with E-state index in [1.165, 1.54) is 48.8 Å². The SMILES string of the molecule is O=C(c1ccc(F)cc1Cl)N1CC2CCC(C1)N2c1cc(SC2CCCC2)cc(Cl)n1. The number of thioether (sulfide) groups is 1. The van der Waals surface area contributed by atoms with Gasteiger partial charge in [0.1, 0.15) is 16.8 Å². The third-order valence-electron chi connectivity index (χ3n) is 6.55. The Balaban J connectivity index is 1.34. The minimum absolute atomic E-state index is 0.141. The number of aromatic nitrogens is 1. The average molecular weight is 480 g/mol. The molecule has 1 saturated carbocycles. The molecule has 1 aromatic carbocycles. The van der Waals surface area contributed by atoms with Crippen LogP contribution in [0.1, 0.15) is 48.9 Å². The van der Waals surface area contributed by atoms with Crippen LogP contribution in [0.5, 0.6) is 0 Å². The quantitative estimate of drug-likeness (QED) is 0.499. The number of carbonyl (C=O) groups excluding carboxylic acids is 1. The Hall–Kier alpha value is -1.50. The summed E-state index contributed by atoms with van der Waals surface area (Å²) in [6.07, 6.45) is 7.15. The van der Waals surface area contributed by atoms with Gasteiger partial charge in [-0.05, 0) is 56.0 Å². The number of fused-ring (bicyclic) bond motifs is 2. The molecule has 1 aliphatic carbocycles. The van der Waals surface area contributed by atoms with E-state index in [1.54, 1.807) is 0 Å². The number of hydrogen-bond acceptors (Lipinski definition) is 4. The van der Waals surface area contributed by atoms with Crippen molar-refractivity contribution in [3.8, 4) is 0 Å². The average Bonchev–Trinajstić information content (AvgIpc) is 3.32. The molecule has 164 valence electrons. The Labute approximate surface area is 196 Å². The molecule has 3 fully saturated rings. The zero-order valence-electron chi connectivity index (χ0n) is 17.1. The molecule has 1 amide bonds. The van der Waals surface area contributed by atoms with Gasteiger partial charge in [0.2, 0.25) is 0 Å². The summed E-state index contributed by atoms with van der Waals surface area (Å²) in [6.45, 7) is 1.20. The number of halogens is 3. The van der Waals surface area contributed by atoms with Crippen molar-refractivity contribution in [2.75, 3.05) is 18.0 Å². The molecular weight excluding hydrogens is 456 g/mol. The molecule has 0 N–H and O–H groups in total. The molecule has 2 saturated heterocycles. The number of carbonyl (C=O) groups is 1. The monoisotopic (exact) mass is 479 g/mol. The normalized spacial score (nSPS) is 23.6. The van der Waals surface area contributed by atoms with Crippen LogP contribution in [0.15, 0.2) is 35.2 Å². The highest BCUT2D eigenvalue weighted by molar-refractivity contribution is 8.00. The molecule has 5 rings (SSSR count). The van der Waals surface area contributed by atoms with Crippen molar-refractivity contribution in [1.82, 2.24) is 9.88 Å². The van der Waals surface area contributed by atoms with Gasteiger partial charge in [0.25, 0.3) is 5.91 Å². The Bertz CT molecular complexity index is 987. The number of pyridine rings is 1. The smallest absolute Gasteiger partial charge is 0.255 e. The minimum Gasteiger partial charge on any atom is -0.347 e. The molecule has 2 unspecified atom stereocenters. The van der Waals surface area contributed by atoms with Gasteiger partial charge in [-0.3, -0.25) is 4.79 Å². The molecule has 31 heavy (non-hydrogen) atoms. The Morgan fingerprint density at radius 3 is 2.42 bits per heavy atom. The molecule has 2 aliphatic heterocycles. The van der Waals surface area contributed by atoms with Gasteiger partial charge in [-0.15, -0.1) is 11.8 Å². The Morgan fingerprint density at radius 1 is 1.03 bits per heavy atom. The van der Waals surface area contributed by atoms with Crippen molar-refractivity contribution < 1.29 is 9.18 Å². The number of anilines is 1. The summed E-state index contributed by atoms with van der Waals surface area (Å²) in [7, 11) is 0. The highest BCUT2D eigenvalue weighted by Gasteiger charge is 2.42. The predicted octanol–water partition coefficient (Wildman–Crippen LogP) is 6.06. The largest absolute Gasteiger partial charge is 0.347 e. The van der Waals surface area contributed by atoms with Crippen LogP contribution in [-0.4, -0.2) is 46.2 Å². The summed E-state index contributed by atoms with van der Waals surface area (Å²) in [6, 6.07) is 8.46. The molecule has 0 spiro atoms. The van der Waals surface area contributed by atoms with Crippen LogP contribution >= 0.6 is 35.0 Å². The van der Waals surface area contributed by atoms with Gasteiger partial charge in [0.05, 0.1) is 10.6 Å². The molecular formula is C23H24Cl2FN3OS. The van der Waals surface area contributed by atoms with E-state index in [-0.39, 0.29) is 23.0 Å². The lowest BCUT2D eigenvalue weighted by molar-refractivity contribution is 0.0717. The first-order valence-electron chi connectivity index (χ1n) is 10.8. The van der Waals surface area contributed by atoms with Crippen LogP contribution in [0.4, 0.5) is 10.2 Å². The lowest BCUT2D eigenvalue weighted by atomic mass is 10.1. The summed E-state index contributed by atoms with van der Waals surface area (Å²) < 4.78 is 13.4. The lowest BCUT2D eigenvalue weighted by Gasteiger charge is -2.42. The van der Waals surface area contributed by atoms with Crippen LogP contribution < -0.4 is 4.90 Å². The van der Waals surface area contributed by atoms with E-state index >= 15 is 0 Å². The highest BCUT2D eigenvalue weighted by Crippen LogP contribution is 2.40. The van der Waals surface area contributed by atoms with E-state index < -0.39 is 5.82 Å². The van der Waals surface area contributed by atoms with Crippen molar-refractivity contribution in [2.24, 2.45) is 0 Å². The molecule has 2 bridgehead atoms. The standard InChI is InChI=1S/C23H24Cl2FN3OS/c24-20-9-14(26)5-8-19(20)23(30)28-12-15-6-7-16(13-28)29(15)22-11-18(10-21(25)27-22)31-17-3-1-2-4-17/h5,8-11,15-17H,1-4,6-7,12-13H2. The number of piperazine rings is 1. The fourth-order valence-corrected chi connectivity index (χ4v) is 6.96. The van der Waals surface area contributed by atoms with Crippen LogP contribution in [0.25, 0.3) is 0 Å². The maximum Gasteiger partial charge on any atom is 0.255 e. The molecule has 1 aromatic heterocycles. The van der Waals surface area contributed by atoms with E-state index in [2.05, 4.69) is 16.0 Å². The van der Waals surface area contributed by atoms with Crippen molar-refractivity contribution in [3.05, 3.63) is 51.9 Å². The van der Waals surface area contributed by atoms with Gasteiger partial charge in [0.15, 0.2) is 0 Å². The van der Waals surface area contributed by atoms with E-state index in [0.717, 1.165) is 18.7 Å². The summed E-state index contributed by atoms with van der Waals surface area (Å²) in [5, 5.41) is 1.34. The molecule has 8 heteroatoms. The number of amides is 1. The first kappa shape index (κ1) is 21.4. The minimum atomic E-state index is -0.440. The van der Waals surface area contributed by atoms with Crippen LogP contribution in [-0.2, 0) is 0 Å². The fraction of sp³-hybridized carbons (Fsp3) is 0.478. The second-order valence-corrected chi connectivity index (χ2v) is 10.8. The third kappa shape index (κ3) is 4.39. The van der Waals surface area contributed by atoms with E-state index in [0.29, 0.717) is 29.1 Å². The maximum atomic E-state index is 13.4. The first-order valence-corrected chi connectivity index (χ1v) is 12.5. The topological polar surface area (TPSA) is 36.4 Å². The molecule has 3 aliphatic rings. The second kappa shape index (κ2) is 8.80. The Morgan fingerprint density at radius 2 is 1.74 bits per heavy atom. The first-order chi connectivity index (χ1) is 15.0. The van der Waals surface area contributed by atoms with Crippen molar-refractivity contribution in [1.29, 1.82) is 0 Å². The molecule has 4 nitrogen and oxygen atoms in total. The Kier molecular flexibility index (Phi) is 6.06. The van der Waals surface area contributed by atoms with Crippen LogP contribution in [0.3, 0.4) is 0 Å². The van der Waals surface area contributed by atoms with Crippen LogP contribution in [0.2, 0.25) is 10.2 Å². The molecule has 0 radical (unpaired) electrons. The van der Waals surface area contributed by atoms with Crippen molar-refractivity contribution in [2.45, 2.75) is 60.8 Å². The van der Waals surface area contributed by atoms with Crippen LogP contribution in [0, 0.1) is 5.82 Å².